The van der Waals surface area contributed by atoms with Crippen molar-refractivity contribution in [3.63, 3.8) is 0 Å². The molecule has 0 aliphatic heterocycles. The van der Waals surface area contributed by atoms with Crippen LogP contribution in [0.5, 0.6) is 0 Å². The lowest BCUT2D eigenvalue weighted by molar-refractivity contribution is -0.538. The fraction of sp³-hybridized carbons (Fsp3) is 0. The number of para-hydroxylation sites is 1. The van der Waals surface area contributed by atoms with Crippen LogP contribution in [0.1, 0.15) is 11.1 Å². The van der Waals surface area contributed by atoms with E-state index in [1.807, 2.05) is 60.8 Å². The third-order valence-corrected chi connectivity index (χ3v) is 6.59. The number of fused-ring (bicyclic) bond motifs is 2. The van der Waals surface area contributed by atoms with Gasteiger partial charge in [-0.1, -0.05) is 79.4 Å². The number of hydrogen-bond acceptors (Lipinski definition) is 3. The molecule has 0 N–H and O–H groups in total. The molecule has 0 atom stereocenters. The van der Waals surface area contributed by atoms with Crippen LogP contribution in [0.2, 0.25) is 0 Å². The van der Waals surface area contributed by atoms with Crippen LogP contribution in [0.15, 0.2) is 132 Å². The Balaban J connectivity index is 1.39. The average Bonchev–Trinajstić information content (AvgIpc) is 2.99. The molecule has 1 heterocycles. The van der Waals surface area contributed by atoms with Crippen molar-refractivity contribution in [1.82, 2.24) is 4.98 Å². The first-order valence-corrected chi connectivity index (χ1v) is 12.4. The van der Waals surface area contributed by atoms with Crippen LogP contribution in [-0.4, -0.2) is 17.9 Å². The Bertz CT molecular complexity index is 1820. The molecule has 0 radical (unpaired) electrons. The van der Waals surface area contributed by atoms with E-state index in [1.54, 1.807) is 0 Å². The predicted octanol–water partition coefficient (Wildman–Crippen LogP) is 8.06. The maximum Gasteiger partial charge on any atom is 0.239 e. The Hall–Kier alpha value is -5.22. The molecule has 0 amide bonds. The molecule has 4 nitrogen and oxygen atoms in total. The van der Waals surface area contributed by atoms with E-state index in [9.17, 15) is 0 Å². The van der Waals surface area contributed by atoms with Crippen LogP contribution in [0, 0.1) is 0 Å². The van der Waals surface area contributed by atoms with Crippen LogP contribution in [0.25, 0.3) is 45.0 Å². The first kappa shape index (κ1) is 23.2. The second-order valence-corrected chi connectivity index (χ2v) is 8.99. The van der Waals surface area contributed by atoms with E-state index >= 15 is 0 Å². The molecule has 6 aromatic rings. The van der Waals surface area contributed by atoms with Gasteiger partial charge in [0.1, 0.15) is 11.0 Å². The van der Waals surface area contributed by atoms with Crippen molar-refractivity contribution in [2.75, 3.05) is 0 Å². The Morgan fingerprint density at radius 3 is 1.82 bits per heavy atom. The third kappa shape index (κ3) is 4.51. The number of rotatable bonds is 6. The Morgan fingerprint density at radius 1 is 0.632 bits per heavy atom. The number of aliphatic imine (C=N–C) groups is 2. The van der Waals surface area contributed by atoms with Gasteiger partial charge in [-0.05, 0) is 53.2 Å². The van der Waals surface area contributed by atoms with Gasteiger partial charge in [0.2, 0.25) is 16.7 Å². The second kappa shape index (κ2) is 10.0. The highest BCUT2D eigenvalue weighted by molar-refractivity contribution is 5.87. The van der Waals surface area contributed by atoms with Crippen LogP contribution in [0.4, 0.5) is 11.4 Å². The van der Waals surface area contributed by atoms with Crippen molar-refractivity contribution in [1.29, 1.82) is 0 Å². The van der Waals surface area contributed by atoms with E-state index in [2.05, 4.69) is 89.6 Å². The quantitative estimate of drug-likeness (QED) is 0.133. The summed E-state index contributed by atoms with van der Waals surface area (Å²) in [7, 11) is 0. The Labute approximate surface area is 221 Å². The molecule has 38 heavy (non-hydrogen) atoms. The third-order valence-electron chi connectivity index (χ3n) is 6.59. The minimum Gasteiger partial charge on any atom is -0.264 e. The summed E-state index contributed by atoms with van der Waals surface area (Å²) in [6.07, 6.45) is 3.75. The fourth-order valence-corrected chi connectivity index (χ4v) is 4.59. The van der Waals surface area contributed by atoms with E-state index < -0.39 is 0 Å². The van der Waals surface area contributed by atoms with Crippen molar-refractivity contribution in [3.8, 4) is 16.8 Å². The van der Waals surface area contributed by atoms with E-state index in [0.717, 1.165) is 50.3 Å². The van der Waals surface area contributed by atoms with E-state index in [0.29, 0.717) is 0 Å². The summed E-state index contributed by atoms with van der Waals surface area (Å²) in [6, 6.07) is 39.1. The molecule has 180 valence electrons. The molecular weight excluding hydrogens is 464 g/mol. The zero-order valence-corrected chi connectivity index (χ0v) is 20.8. The van der Waals surface area contributed by atoms with Crippen molar-refractivity contribution >= 4 is 52.4 Å². The van der Waals surface area contributed by atoms with Gasteiger partial charge in [-0.25, -0.2) is 4.98 Å². The number of aromatic nitrogens is 2. The highest BCUT2D eigenvalue weighted by Gasteiger charge is 2.20. The zero-order chi connectivity index (χ0) is 25.9. The van der Waals surface area contributed by atoms with Gasteiger partial charge in [0.15, 0.2) is 0 Å². The number of nitrogens with zero attached hydrogens (tertiary/aromatic N) is 4. The molecular formula is C34H25N4+. The van der Waals surface area contributed by atoms with Gasteiger partial charge in [-0.2, -0.15) is 0 Å². The van der Waals surface area contributed by atoms with Crippen LogP contribution in [0.3, 0.4) is 0 Å². The van der Waals surface area contributed by atoms with E-state index in [1.165, 1.54) is 11.1 Å². The number of benzene rings is 5. The molecule has 0 unspecified atom stereocenters. The Kier molecular flexibility index (Phi) is 6.12. The minimum absolute atomic E-state index is 0.803. The first-order chi connectivity index (χ1) is 18.7. The standard InChI is InChI=1S/C34H25N4/c1-3-24-9-13-26(14-10-24)27-15-11-25(12-16-27)23-36-29-18-20-32-34(22-29)38(30-7-5-4-6-8-30)33-21-28(35-2)17-19-31(33)37-32/h3-23H,1-2H2/q+1. The molecule has 0 bridgehead atoms. The van der Waals surface area contributed by atoms with Gasteiger partial charge >= 0.3 is 0 Å². The van der Waals surface area contributed by atoms with Crippen LogP contribution in [-0.2, 0) is 0 Å². The van der Waals surface area contributed by atoms with Gasteiger partial charge < -0.3 is 0 Å². The molecule has 0 fully saturated rings. The molecule has 5 aromatic carbocycles. The van der Waals surface area contributed by atoms with E-state index in [4.69, 9.17) is 9.98 Å². The smallest absolute Gasteiger partial charge is 0.239 e. The predicted molar refractivity (Wildman–Crippen MR) is 159 cm³/mol. The molecule has 0 saturated carbocycles. The van der Waals surface area contributed by atoms with E-state index in [-0.39, 0.29) is 0 Å². The van der Waals surface area contributed by atoms with Crippen molar-refractivity contribution < 1.29 is 4.57 Å². The van der Waals surface area contributed by atoms with Gasteiger partial charge in [0, 0.05) is 30.5 Å². The molecule has 4 heteroatoms. The minimum atomic E-state index is 0.803. The summed E-state index contributed by atoms with van der Waals surface area (Å²) in [5.74, 6) is 0. The summed E-state index contributed by atoms with van der Waals surface area (Å²) < 4.78 is 2.21. The molecule has 1 aromatic heterocycles. The highest BCUT2D eigenvalue weighted by Crippen LogP contribution is 2.25. The fourth-order valence-electron chi connectivity index (χ4n) is 4.59. The lowest BCUT2D eigenvalue weighted by Gasteiger charge is -2.06. The summed E-state index contributed by atoms with van der Waals surface area (Å²) in [6.45, 7) is 7.52. The molecule has 0 saturated heterocycles. The lowest BCUT2D eigenvalue weighted by atomic mass is 10.0. The lowest BCUT2D eigenvalue weighted by Crippen LogP contribution is -2.33. The molecule has 6 rings (SSSR count). The summed E-state index contributed by atoms with van der Waals surface area (Å²) in [5.41, 5.74) is 10.9. The topological polar surface area (TPSA) is 41.5 Å². The maximum absolute atomic E-state index is 4.91. The van der Waals surface area contributed by atoms with Crippen molar-refractivity contribution in [3.05, 3.63) is 133 Å². The monoisotopic (exact) mass is 489 g/mol. The second-order valence-electron chi connectivity index (χ2n) is 8.99. The average molecular weight is 490 g/mol. The van der Waals surface area contributed by atoms with Crippen molar-refractivity contribution in [2.45, 2.75) is 0 Å². The largest absolute Gasteiger partial charge is 0.264 e. The Morgan fingerprint density at radius 2 is 1.21 bits per heavy atom. The summed E-state index contributed by atoms with van der Waals surface area (Å²) in [4.78, 5) is 13.8. The van der Waals surface area contributed by atoms with Gasteiger partial charge in [0.05, 0.1) is 11.4 Å². The van der Waals surface area contributed by atoms with Crippen LogP contribution < -0.4 is 4.57 Å². The van der Waals surface area contributed by atoms with Crippen LogP contribution >= 0.6 is 0 Å². The van der Waals surface area contributed by atoms with Gasteiger partial charge in [-0.3, -0.25) is 9.98 Å². The summed E-state index contributed by atoms with van der Waals surface area (Å²) >= 11 is 0. The molecule has 0 aliphatic carbocycles. The zero-order valence-electron chi connectivity index (χ0n) is 20.8. The first-order valence-electron chi connectivity index (χ1n) is 12.4. The van der Waals surface area contributed by atoms with Crippen molar-refractivity contribution in [2.24, 2.45) is 9.98 Å². The highest BCUT2D eigenvalue weighted by atomic mass is 15.0. The van der Waals surface area contributed by atoms with Gasteiger partial charge in [0.25, 0.3) is 0 Å². The molecule has 0 spiro atoms. The summed E-state index contributed by atoms with van der Waals surface area (Å²) in [5, 5.41) is 0. The van der Waals surface area contributed by atoms with Gasteiger partial charge in [-0.15, -0.1) is 4.57 Å². The molecule has 0 aliphatic rings. The normalized spacial score (nSPS) is 11.3. The maximum atomic E-state index is 4.91. The number of hydrogen-bond donors (Lipinski definition) is 0. The SMILES string of the molecule is C=Cc1ccc(-c2ccc(C=Nc3ccc4nc5ccc(N=C)cc5[n+](-c5ccccc5)c4c3)cc2)cc1.